The van der Waals surface area contributed by atoms with Crippen LogP contribution in [-0.4, -0.2) is 21.3 Å². The summed E-state index contributed by atoms with van der Waals surface area (Å²) in [6.45, 7) is 2.88. The number of rotatable bonds is 5. The van der Waals surface area contributed by atoms with Crippen LogP contribution in [0.2, 0.25) is 0 Å². The molecule has 0 bridgehead atoms. The van der Waals surface area contributed by atoms with Gasteiger partial charge in [0.2, 0.25) is 0 Å². The zero-order valence-corrected chi connectivity index (χ0v) is 13.8. The van der Waals surface area contributed by atoms with Crippen LogP contribution in [0.5, 0.6) is 5.75 Å². The molecule has 22 heavy (non-hydrogen) atoms. The maximum Gasteiger partial charge on any atom is 0.138 e. The molecule has 0 saturated heterocycles. The Kier molecular flexibility index (Phi) is 4.45. The lowest BCUT2D eigenvalue weighted by Crippen LogP contribution is -2.12. The highest BCUT2D eigenvalue weighted by Gasteiger charge is 2.14. The van der Waals surface area contributed by atoms with Gasteiger partial charge in [0.1, 0.15) is 24.3 Å². The highest BCUT2D eigenvalue weighted by molar-refractivity contribution is 9.10. The summed E-state index contributed by atoms with van der Waals surface area (Å²) in [7, 11) is 0. The largest absolute Gasteiger partial charge is 0.492 e. The summed E-state index contributed by atoms with van der Waals surface area (Å²) in [5.74, 6) is 1.49. The smallest absolute Gasteiger partial charge is 0.138 e. The molecule has 0 fully saturated rings. The summed E-state index contributed by atoms with van der Waals surface area (Å²) in [4.78, 5) is 4.50. The lowest BCUT2D eigenvalue weighted by molar-refractivity contribution is 0.181. The number of halogens is 1. The van der Waals surface area contributed by atoms with E-state index in [2.05, 4.69) is 20.9 Å². The number of aromatic nitrogens is 2. The van der Waals surface area contributed by atoms with E-state index in [1.807, 2.05) is 53.1 Å². The van der Waals surface area contributed by atoms with Crippen LogP contribution in [0.15, 0.2) is 53.0 Å². The standard InChI is InChI=1S/C17H17BrN2O2/c1-12(21)17-19-15-4-2-3-5-16(15)20(17)10-11-22-14-8-6-13(18)7-9-14/h2-9,12,21H,10-11H2,1H3/t12-/m1/s1. The molecule has 0 aliphatic rings. The van der Waals surface area contributed by atoms with Crippen LogP contribution in [0.25, 0.3) is 11.0 Å². The molecule has 4 nitrogen and oxygen atoms in total. The molecule has 1 atom stereocenters. The van der Waals surface area contributed by atoms with Gasteiger partial charge in [-0.15, -0.1) is 0 Å². The van der Waals surface area contributed by atoms with E-state index in [1.54, 1.807) is 6.92 Å². The molecule has 3 aromatic rings. The van der Waals surface area contributed by atoms with Gasteiger partial charge in [0.05, 0.1) is 17.6 Å². The van der Waals surface area contributed by atoms with Gasteiger partial charge in [-0.1, -0.05) is 28.1 Å². The number of hydrogen-bond donors (Lipinski definition) is 1. The van der Waals surface area contributed by atoms with Crippen LogP contribution in [0.3, 0.4) is 0 Å². The molecular weight excluding hydrogens is 344 g/mol. The van der Waals surface area contributed by atoms with E-state index in [0.717, 1.165) is 21.3 Å². The number of imidazole rings is 1. The first-order chi connectivity index (χ1) is 10.6. The number of fused-ring (bicyclic) bond motifs is 1. The minimum Gasteiger partial charge on any atom is -0.492 e. The number of benzene rings is 2. The van der Waals surface area contributed by atoms with Crippen molar-refractivity contribution in [3.8, 4) is 5.75 Å². The van der Waals surface area contributed by atoms with Crippen LogP contribution in [-0.2, 0) is 6.54 Å². The lowest BCUT2D eigenvalue weighted by atomic mass is 10.3. The molecule has 1 N–H and O–H groups in total. The van der Waals surface area contributed by atoms with Gasteiger partial charge in [-0.3, -0.25) is 0 Å². The average molecular weight is 361 g/mol. The van der Waals surface area contributed by atoms with Gasteiger partial charge in [-0.05, 0) is 43.3 Å². The van der Waals surface area contributed by atoms with Gasteiger partial charge in [0.25, 0.3) is 0 Å². The SMILES string of the molecule is C[C@@H](O)c1nc2ccccc2n1CCOc1ccc(Br)cc1. The molecule has 3 rings (SSSR count). The van der Waals surface area contributed by atoms with E-state index in [9.17, 15) is 5.11 Å². The molecule has 1 heterocycles. The summed E-state index contributed by atoms with van der Waals surface area (Å²) in [6.07, 6.45) is -0.611. The van der Waals surface area contributed by atoms with Crippen LogP contribution < -0.4 is 4.74 Å². The quantitative estimate of drug-likeness (QED) is 0.749. The fourth-order valence-corrected chi connectivity index (χ4v) is 2.70. The third-order valence-corrected chi connectivity index (χ3v) is 3.98. The third kappa shape index (κ3) is 3.15. The van der Waals surface area contributed by atoms with Crippen LogP contribution in [0, 0.1) is 0 Å². The Bertz CT molecular complexity index is 766. The molecule has 0 aliphatic carbocycles. The summed E-state index contributed by atoms with van der Waals surface area (Å²) >= 11 is 3.40. The van der Waals surface area contributed by atoms with Crippen LogP contribution in [0.4, 0.5) is 0 Å². The van der Waals surface area contributed by atoms with Crippen molar-refractivity contribution in [2.75, 3.05) is 6.61 Å². The monoisotopic (exact) mass is 360 g/mol. The summed E-state index contributed by atoms with van der Waals surface area (Å²) in [5.41, 5.74) is 1.90. The Hall–Kier alpha value is -1.85. The second kappa shape index (κ2) is 6.50. The predicted molar refractivity (Wildman–Crippen MR) is 90.0 cm³/mol. The van der Waals surface area contributed by atoms with E-state index < -0.39 is 6.10 Å². The summed E-state index contributed by atoms with van der Waals surface area (Å²) in [5, 5.41) is 9.92. The molecule has 0 unspecified atom stereocenters. The Morgan fingerprint density at radius 1 is 1.18 bits per heavy atom. The lowest BCUT2D eigenvalue weighted by Gasteiger charge is -2.12. The number of para-hydroxylation sites is 2. The molecule has 0 spiro atoms. The summed E-state index contributed by atoms with van der Waals surface area (Å²) in [6, 6.07) is 15.6. The zero-order chi connectivity index (χ0) is 15.5. The fraction of sp³-hybridized carbons (Fsp3) is 0.235. The maximum atomic E-state index is 9.92. The van der Waals surface area contributed by atoms with Crippen molar-refractivity contribution in [2.45, 2.75) is 19.6 Å². The minimum atomic E-state index is -0.611. The second-order valence-electron chi connectivity index (χ2n) is 5.09. The molecule has 2 aromatic carbocycles. The molecule has 5 heteroatoms. The first-order valence-electron chi connectivity index (χ1n) is 7.17. The molecule has 0 amide bonds. The van der Waals surface area contributed by atoms with E-state index in [4.69, 9.17) is 4.74 Å². The van der Waals surface area contributed by atoms with Gasteiger partial charge in [-0.2, -0.15) is 0 Å². The Morgan fingerprint density at radius 2 is 1.91 bits per heavy atom. The van der Waals surface area contributed by atoms with Gasteiger partial charge < -0.3 is 14.4 Å². The predicted octanol–water partition coefficient (Wildman–Crippen LogP) is 3.93. The normalized spacial score (nSPS) is 12.5. The number of aliphatic hydroxyl groups excluding tert-OH is 1. The molecule has 0 aliphatic heterocycles. The number of ether oxygens (including phenoxy) is 1. The van der Waals surface area contributed by atoms with Crippen molar-refractivity contribution in [2.24, 2.45) is 0 Å². The maximum absolute atomic E-state index is 9.92. The Morgan fingerprint density at radius 3 is 2.64 bits per heavy atom. The molecule has 114 valence electrons. The topological polar surface area (TPSA) is 47.3 Å². The Balaban J connectivity index is 1.78. The van der Waals surface area contributed by atoms with E-state index in [1.165, 1.54) is 0 Å². The highest BCUT2D eigenvalue weighted by atomic mass is 79.9. The van der Waals surface area contributed by atoms with Crippen molar-refractivity contribution >= 4 is 27.0 Å². The minimum absolute atomic E-state index is 0.516. The molecular formula is C17H17BrN2O2. The van der Waals surface area contributed by atoms with Gasteiger partial charge in [0.15, 0.2) is 0 Å². The molecule has 1 aromatic heterocycles. The van der Waals surface area contributed by atoms with Gasteiger partial charge in [-0.25, -0.2) is 4.98 Å². The fourth-order valence-electron chi connectivity index (χ4n) is 2.43. The van der Waals surface area contributed by atoms with E-state index in [-0.39, 0.29) is 0 Å². The van der Waals surface area contributed by atoms with Crippen LogP contribution >= 0.6 is 15.9 Å². The van der Waals surface area contributed by atoms with Crippen molar-refractivity contribution in [1.29, 1.82) is 0 Å². The van der Waals surface area contributed by atoms with Crippen molar-refractivity contribution in [1.82, 2.24) is 9.55 Å². The van der Waals surface area contributed by atoms with Crippen molar-refractivity contribution in [3.63, 3.8) is 0 Å². The first kappa shape index (κ1) is 15.1. The number of nitrogens with zero attached hydrogens (tertiary/aromatic N) is 2. The second-order valence-corrected chi connectivity index (χ2v) is 6.00. The van der Waals surface area contributed by atoms with Crippen molar-refractivity contribution < 1.29 is 9.84 Å². The molecule has 0 radical (unpaired) electrons. The third-order valence-electron chi connectivity index (χ3n) is 3.46. The van der Waals surface area contributed by atoms with Gasteiger partial charge >= 0.3 is 0 Å². The zero-order valence-electron chi connectivity index (χ0n) is 12.2. The van der Waals surface area contributed by atoms with Gasteiger partial charge in [0, 0.05) is 4.47 Å². The Labute approximate surface area is 137 Å². The van der Waals surface area contributed by atoms with E-state index >= 15 is 0 Å². The first-order valence-corrected chi connectivity index (χ1v) is 7.96. The van der Waals surface area contributed by atoms with E-state index in [0.29, 0.717) is 19.0 Å². The number of hydrogen-bond acceptors (Lipinski definition) is 3. The van der Waals surface area contributed by atoms with Crippen molar-refractivity contribution in [3.05, 3.63) is 58.8 Å². The highest BCUT2D eigenvalue weighted by Crippen LogP contribution is 2.21. The molecule has 0 saturated carbocycles. The summed E-state index contributed by atoms with van der Waals surface area (Å²) < 4.78 is 8.80. The average Bonchev–Trinajstić information content (AvgIpc) is 2.89. The van der Waals surface area contributed by atoms with Crippen LogP contribution in [0.1, 0.15) is 18.9 Å². The number of aliphatic hydroxyl groups is 1.